The van der Waals surface area contributed by atoms with Crippen molar-refractivity contribution in [1.82, 2.24) is 0 Å². The van der Waals surface area contributed by atoms with Gasteiger partial charge < -0.3 is 5.32 Å². The molecular weight excluding hydrogens is 278 g/mol. The number of rotatable bonds is 3. The molecule has 0 fully saturated rings. The Morgan fingerprint density at radius 1 is 1.35 bits per heavy atom. The molecule has 0 amide bonds. The highest BCUT2D eigenvalue weighted by molar-refractivity contribution is 9.10. The zero-order valence-electron chi connectivity index (χ0n) is 9.66. The number of nitrogens with zero attached hydrogens (tertiary/aromatic N) is 2. The van der Waals surface area contributed by atoms with E-state index in [1.54, 1.807) is 0 Å². The van der Waals surface area contributed by atoms with Crippen LogP contribution in [-0.2, 0) is 0 Å². The van der Waals surface area contributed by atoms with Gasteiger partial charge in [-0.2, -0.15) is 10.5 Å². The molecule has 0 radical (unpaired) electrons. The maximum Gasteiger partial charge on any atom is 0.145 e. The van der Waals surface area contributed by atoms with Gasteiger partial charge in [0.15, 0.2) is 0 Å². The van der Waals surface area contributed by atoms with Crippen molar-refractivity contribution in [2.45, 2.75) is 19.8 Å². The van der Waals surface area contributed by atoms with Gasteiger partial charge in [0.05, 0.1) is 0 Å². The molecular formula is C13H12BrN3. The monoisotopic (exact) mass is 289 g/mol. The van der Waals surface area contributed by atoms with E-state index in [1.807, 2.05) is 30.3 Å². The van der Waals surface area contributed by atoms with Gasteiger partial charge in [-0.3, -0.25) is 0 Å². The molecule has 0 saturated heterocycles. The molecule has 1 aromatic rings. The van der Waals surface area contributed by atoms with Gasteiger partial charge in [0.1, 0.15) is 17.7 Å². The van der Waals surface area contributed by atoms with E-state index in [1.165, 1.54) is 6.20 Å². The number of benzene rings is 1. The predicted octanol–water partition coefficient (Wildman–Crippen LogP) is 3.92. The quantitative estimate of drug-likeness (QED) is 0.858. The normalized spacial score (nSPS) is 9.29. The Morgan fingerprint density at radius 2 is 2.00 bits per heavy atom. The molecule has 86 valence electrons. The van der Waals surface area contributed by atoms with Crippen molar-refractivity contribution in [2.24, 2.45) is 0 Å². The zero-order chi connectivity index (χ0) is 12.8. The van der Waals surface area contributed by atoms with Crippen LogP contribution in [0.4, 0.5) is 5.69 Å². The minimum atomic E-state index is 0.0580. The molecule has 0 bridgehead atoms. The first-order valence-corrected chi connectivity index (χ1v) is 5.94. The molecule has 4 heteroatoms. The fourth-order valence-electron chi connectivity index (χ4n) is 1.38. The van der Waals surface area contributed by atoms with Gasteiger partial charge in [-0.25, -0.2) is 0 Å². The number of nitriles is 2. The van der Waals surface area contributed by atoms with E-state index in [4.69, 9.17) is 10.5 Å². The van der Waals surface area contributed by atoms with Gasteiger partial charge in [0.25, 0.3) is 0 Å². The fourth-order valence-corrected chi connectivity index (χ4v) is 1.76. The number of hydrogen-bond donors (Lipinski definition) is 1. The van der Waals surface area contributed by atoms with Crippen molar-refractivity contribution < 1.29 is 0 Å². The zero-order valence-corrected chi connectivity index (χ0v) is 11.2. The smallest absolute Gasteiger partial charge is 0.145 e. The van der Waals surface area contributed by atoms with Crippen molar-refractivity contribution in [3.05, 3.63) is 40.0 Å². The van der Waals surface area contributed by atoms with Crippen LogP contribution in [0.2, 0.25) is 0 Å². The van der Waals surface area contributed by atoms with E-state index in [0.717, 1.165) is 15.7 Å². The summed E-state index contributed by atoms with van der Waals surface area (Å²) in [7, 11) is 0. The summed E-state index contributed by atoms with van der Waals surface area (Å²) in [4.78, 5) is 0. The number of halogens is 1. The Morgan fingerprint density at radius 3 is 2.53 bits per heavy atom. The Hall–Kier alpha value is -1.78. The number of allylic oxidation sites excluding steroid dienone is 1. The van der Waals surface area contributed by atoms with Gasteiger partial charge in [0.2, 0.25) is 0 Å². The highest BCUT2D eigenvalue weighted by atomic mass is 79.9. The molecule has 0 aliphatic carbocycles. The summed E-state index contributed by atoms with van der Waals surface area (Å²) >= 11 is 3.42. The van der Waals surface area contributed by atoms with E-state index in [0.29, 0.717) is 5.92 Å². The molecule has 3 nitrogen and oxygen atoms in total. The van der Waals surface area contributed by atoms with Crippen molar-refractivity contribution >= 4 is 21.6 Å². The lowest BCUT2D eigenvalue weighted by Gasteiger charge is -2.12. The molecule has 1 rings (SSSR count). The van der Waals surface area contributed by atoms with Gasteiger partial charge >= 0.3 is 0 Å². The first-order valence-electron chi connectivity index (χ1n) is 5.14. The second kappa shape index (κ2) is 6.08. The lowest BCUT2D eigenvalue weighted by atomic mass is 10.0. The minimum Gasteiger partial charge on any atom is -0.360 e. The molecule has 0 aliphatic rings. The first kappa shape index (κ1) is 13.3. The molecule has 0 saturated carbocycles. The van der Waals surface area contributed by atoms with Crippen LogP contribution in [0.15, 0.2) is 34.4 Å². The third kappa shape index (κ3) is 3.62. The van der Waals surface area contributed by atoms with Crippen molar-refractivity contribution in [2.75, 3.05) is 5.32 Å². The summed E-state index contributed by atoms with van der Waals surface area (Å²) in [6.07, 6.45) is 1.43. The summed E-state index contributed by atoms with van der Waals surface area (Å²) in [5.74, 6) is 0.357. The van der Waals surface area contributed by atoms with E-state index >= 15 is 0 Å². The summed E-state index contributed by atoms with van der Waals surface area (Å²) < 4.78 is 1.01. The maximum atomic E-state index is 8.64. The van der Waals surface area contributed by atoms with Gasteiger partial charge in [-0.1, -0.05) is 29.8 Å². The molecule has 0 spiro atoms. The van der Waals surface area contributed by atoms with Gasteiger partial charge in [-0.05, 0) is 29.7 Å². The van der Waals surface area contributed by atoms with Crippen LogP contribution in [0.25, 0.3) is 0 Å². The van der Waals surface area contributed by atoms with Crippen LogP contribution in [0.1, 0.15) is 25.3 Å². The second-order valence-corrected chi connectivity index (χ2v) is 4.73. The van der Waals surface area contributed by atoms with Crippen LogP contribution in [-0.4, -0.2) is 0 Å². The highest BCUT2D eigenvalue weighted by Crippen LogP contribution is 2.27. The second-order valence-electron chi connectivity index (χ2n) is 3.81. The van der Waals surface area contributed by atoms with Crippen LogP contribution < -0.4 is 5.32 Å². The van der Waals surface area contributed by atoms with Crippen LogP contribution in [0.5, 0.6) is 0 Å². The SMILES string of the molecule is CC(C)c1cc(Br)ccc1NC=C(C#N)C#N. The third-order valence-electron chi connectivity index (χ3n) is 2.25. The van der Waals surface area contributed by atoms with E-state index in [9.17, 15) is 0 Å². The van der Waals surface area contributed by atoms with Crippen LogP contribution in [0.3, 0.4) is 0 Å². The minimum absolute atomic E-state index is 0.0580. The molecule has 1 aromatic carbocycles. The van der Waals surface area contributed by atoms with E-state index < -0.39 is 0 Å². The molecule has 0 aromatic heterocycles. The predicted molar refractivity (Wildman–Crippen MR) is 71.2 cm³/mol. The molecule has 0 unspecified atom stereocenters. The lowest BCUT2D eigenvalue weighted by Crippen LogP contribution is -1.97. The van der Waals surface area contributed by atoms with Gasteiger partial charge in [-0.15, -0.1) is 0 Å². The molecule has 0 atom stereocenters. The number of hydrogen-bond acceptors (Lipinski definition) is 3. The molecule has 0 heterocycles. The number of anilines is 1. The first-order chi connectivity index (χ1) is 8.08. The Kier molecular flexibility index (Phi) is 4.75. The summed E-state index contributed by atoms with van der Waals surface area (Å²) in [5.41, 5.74) is 2.10. The summed E-state index contributed by atoms with van der Waals surface area (Å²) in [6.45, 7) is 4.18. The fraction of sp³-hybridized carbons (Fsp3) is 0.231. The maximum absolute atomic E-state index is 8.64. The number of nitrogens with one attached hydrogen (secondary N) is 1. The molecule has 0 aliphatic heterocycles. The Bertz CT molecular complexity index is 502. The Balaban J connectivity index is 3.04. The van der Waals surface area contributed by atoms with E-state index in [2.05, 4.69) is 35.1 Å². The average Bonchev–Trinajstić information content (AvgIpc) is 2.31. The van der Waals surface area contributed by atoms with Crippen molar-refractivity contribution in [3.8, 4) is 12.1 Å². The topological polar surface area (TPSA) is 59.6 Å². The standard InChI is InChI=1S/C13H12BrN3/c1-9(2)12-5-11(14)3-4-13(12)17-8-10(6-15)7-16/h3-5,8-9,17H,1-2H3. The lowest BCUT2D eigenvalue weighted by molar-refractivity contribution is 0.868. The highest BCUT2D eigenvalue weighted by Gasteiger charge is 2.06. The van der Waals surface area contributed by atoms with Gasteiger partial charge in [0, 0.05) is 16.4 Å². The van der Waals surface area contributed by atoms with Crippen molar-refractivity contribution in [1.29, 1.82) is 10.5 Å². The van der Waals surface area contributed by atoms with Crippen LogP contribution >= 0.6 is 15.9 Å². The molecule has 1 N–H and O–H groups in total. The largest absolute Gasteiger partial charge is 0.360 e. The molecule has 17 heavy (non-hydrogen) atoms. The Labute approximate surface area is 109 Å². The summed E-state index contributed by atoms with van der Waals surface area (Å²) in [5, 5.41) is 20.3. The van der Waals surface area contributed by atoms with E-state index in [-0.39, 0.29) is 5.57 Å². The van der Waals surface area contributed by atoms with Crippen LogP contribution in [0, 0.1) is 22.7 Å². The van der Waals surface area contributed by atoms with Crippen molar-refractivity contribution in [3.63, 3.8) is 0 Å². The average molecular weight is 290 g/mol. The summed E-state index contributed by atoms with van der Waals surface area (Å²) in [6, 6.07) is 9.48. The third-order valence-corrected chi connectivity index (χ3v) is 2.74.